The Hall–Kier alpha value is -1.76. The van der Waals surface area contributed by atoms with E-state index < -0.39 is 0 Å². The number of unbranched alkanes of at least 4 members (excludes halogenated alkanes) is 1. The van der Waals surface area contributed by atoms with Crippen molar-refractivity contribution in [1.29, 1.82) is 0 Å². The van der Waals surface area contributed by atoms with Crippen LogP contribution in [0.5, 0.6) is 0 Å². The van der Waals surface area contributed by atoms with Gasteiger partial charge in [0.25, 0.3) is 11.8 Å². The molecule has 2 amide bonds. The summed E-state index contributed by atoms with van der Waals surface area (Å²) in [5, 5.41) is 0. The van der Waals surface area contributed by atoms with Crippen LogP contribution in [0.25, 0.3) is 0 Å². The summed E-state index contributed by atoms with van der Waals surface area (Å²) < 4.78 is 0. The van der Waals surface area contributed by atoms with E-state index in [1.165, 1.54) is 50.5 Å². The highest BCUT2D eigenvalue weighted by molar-refractivity contribution is 6.21. The van der Waals surface area contributed by atoms with Crippen molar-refractivity contribution in [2.75, 3.05) is 45.8 Å². The van der Waals surface area contributed by atoms with E-state index in [1.54, 1.807) is 12.1 Å². The summed E-state index contributed by atoms with van der Waals surface area (Å²) in [6, 6.07) is 7.54. The smallest absolute Gasteiger partial charge is 0.261 e. The molecule has 0 atom stereocenters. The summed E-state index contributed by atoms with van der Waals surface area (Å²) in [7, 11) is 0. The monoisotopic (exact) mass is 398 g/mol. The molecule has 0 aliphatic carbocycles. The van der Waals surface area contributed by atoms with E-state index in [-0.39, 0.29) is 11.8 Å². The Bertz CT molecular complexity index is 686. The molecule has 29 heavy (non-hydrogen) atoms. The minimum Gasteiger partial charge on any atom is -0.328 e. The van der Waals surface area contributed by atoms with Crippen LogP contribution in [0.2, 0.25) is 0 Å². The number of carbonyl (C=O) groups excluding carboxylic acids is 2. The Labute approximate surface area is 174 Å². The fourth-order valence-electron chi connectivity index (χ4n) is 4.94. The Morgan fingerprint density at radius 2 is 1.34 bits per heavy atom. The number of fused-ring (bicyclic) bond motifs is 1. The lowest BCUT2D eigenvalue weighted by Gasteiger charge is -2.37. The summed E-state index contributed by atoms with van der Waals surface area (Å²) in [6.45, 7) is 7.50. The molecule has 6 heteroatoms. The van der Waals surface area contributed by atoms with Gasteiger partial charge in [-0.05, 0) is 89.3 Å². The maximum Gasteiger partial charge on any atom is 0.261 e. The molecule has 0 radical (unpaired) electrons. The predicted octanol–water partition coefficient (Wildman–Crippen LogP) is 2.20. The van der Waals surface area contributed by atoms with Crippen LogP contribution in [-0.4, -0.2) is 78.4 Å². The van der Waals surface area contributed by atoms with Gasteiger partial charge in [-0.2, -0.15) is 0 Å². The first kappa shape index (κ1) is 20.5. The molecule has 3 aliphatic rings. The van der Waals surface area contributed by atoms with Gasteiger partial charge in [0.1, 0.15) is 0 Å². The number of rotatable bonds is 7. The average Bonchev–Trinajstić information content (AvgIpc) is 2.99. The zero-order valence-corrected chi connectivity index (χ0v) is 17.4. The highest BCUT2D eigenvalue weighted by atomic mass is 16.2. The van der Waals surface area contributed by atoms with Crippen molar-refractivity contribution in [2.45, 2.75) is 44.6 Å². The van der Waals surface area contributed by atoms with Gasteiger partial charge >= 0.3 is 0 Å². The maximum absolute atomic E-state index is 12.4. The second kappa shape index (κ2) is 9.37. The molecule has 0 aromatic heterocycles. The predicted molar refractivity (Wildman–Crippen MR) is 114 cm³/mol. The molecule has 158 valence electrons. The number of amides is 2. The minimum absolute atomic E-state index is 0.134. The van der Waals surface area contributed by atoms with Crippen molar-refractivity contribution < 1.29 is 9.59 Å². The average molecular weight is 399 g/mol. The van der Waals surface area contributed by atoms with Crippen LogP contribution in [-0.2, 0) is 0 Å². The van der Waals surface area contributed by atoms with Crippen LogP contribution in [0.3, 0.4) is 0 Å². The SMILES string of the molecule is NC1CCN(CC2CCN(CCCCN3C(=O)c4ccccc4C3=O)CC2)CC1. The molecule has 0 bridgehead atoms. The van der Waals surface area contributed by atoms with Gasteiger partial charge in [0.2, 0.25) is 0 Å². The van der Waals surface area contributed by atoms with Gasteiger partial charge in [-0.25, -0.2) is 0 Å². The van der Waals surface area contributed by atoms with E-state index in [0.29, 0.717) is 23.7 Å². The first-order chi connectivity index (χ1) is 14.1. The number of likely N-dealkylation sites (tertiary alicyclic amines) is 2. The van der Waals surface area contributed by atoms with E-state index in [4.69, 9.17) is 5.73 Å². The normalized spacial score (nSPS) is 22.4. The van der Waals surface area contributed by atoms with Crippen molar-refractivity contribution >= 4 is 11.8 Å². The number of piperidine rings is 2. The topological polar surface area (TPSA) is 69.9 Å². The van der Waals surface area contributed by atoms with Gasteiger partial charge in [-0.1, -0.05) is 12.1 Å². The van der Waals surface area contributed by atoms with Crippen LogP contribution in [0.15, 0.2) is 24.3 Å². The number of imide groups is 1. The first-order valence-corrected chi connectivity index (χ1v) is 11.3. The number of hydrogen-bond acceptors (Lipinski definition) is 5. The second-order valence-electron chi connectivity index (χ2n) is 8.94. The van der Waals surface area contributed by atoms with Crippen LogP contribution in [0, 0.1) is 5.92 Å². The number of nitrogens with two attached hydrogens (primary N) is 1. The molecule has 1 aromatic rings. The lowest BCUT2D eigenvalue weighted by atomic mass is 9.94. The molecule has 4 rings (SSSR count). The lowest BCUT2D eigenvalue weighted by molar-refractivity contribution is 0.0649. The Morgan fingerprint density at radius 3 is 1.97 bits per heavy atom. The van der Waals surface area contributed by atoms with E-state index in [9.17, 15) is 9.59 Å². The maximum atomic E-state index is 12.4. The van der Waals surface area contributed by atoms with Crippen molar-refractivity contribution in [3.05, 3.63) is 35.4 Å². The Kier molecular flexibility index (Phi) is 6.63. The number of nitrogens with zero attached hydrogens (tertiary/aromatic N) is 3. The third kappa shape index (κ3) is 4.87. The molecule has 0 unspecified atom stereocenters. The molecule has 3 heterocycles. The number of hydrogen-bond donors (Lipinski definition) is 1. The molecule has 0 saturated carbocycles. The summed E-state index contributed by atoms with van der Waals surface area (Å²) in [6.07, 6.45) is 6.75. The molecule has 2 N–H and O–H groups in total. The van der Waals surface area contributed by atoms with E-state index in [0.717, 1.165) is 38.1 Å². The molecule has 3 aliphatic heterocycles. The minimum atomic E-state index is -0.134. The molecular weight excluding hydrogens is 364 g/mol. The molecular formula is C23H34N4O2. The molecule has 0 spiro atoms. The molecule has 2 saturated heterocycles. The van der Waals surface area contributed by atoms with E-state index in [1.807, 2.05) is 12.1 Å². The van der Waals surface area contributed by atoms with Crippen molar-refractivity contribution in [1.82, 2.24) is 14.7 Å². The summed E-state index contributed by atoms with van der Waals surface area (Å²) in [5.74, 6) is 0.550. The summed E-state index contributed by atoms with van der Waals surface area (Å²) in [5.41, 5.74) is 7.11. The van der Waals surface area contributed by atoms with Crippen molar-refractivity contribution in [2.24, 2.45) is 11.7 Å². The third-order valence-corrected chi connectivity index (χ3v) is 6.84. The third-order valence-electron chi connectivity index (χ3n) is 6.84. The summed E-state index contributed by atoms with van der Waals surface area (Å²) in [4.78, 5) is 31.4. The molecule has 6 nitrogen and oxygen atoms in total. The first-order valence-electron chi connectivity index (χ1n) is 11.3. The van der Waals surface area contributed by atoms with Crippen LogP contribution in [0.4, 0.5) is 0 Å². The number of carbonyl (C=O) groups is 2. The highest BCUT2D eigenvalue weighted by Gasteiger charge is 2.34. The zero-order valence-electron chi connectivity index (χ0n) is 17.4. The van der Waals surface area contributed by atoms with Gasteiger partial charge in [-0.15, -0.1) is 0 Å². The van der Waals surface area contributed by atoms with Crippen LogP contribution < -0.4 is 5.73 Å². The van der Waals surface area contributed by atoms with Crippen molar-refractivity contribution in [3.8, 4) is 0 Å². The van der Waals surface area contributed by atoms with Crippen molar-refractivity contribution in [3.63, 3.8) is 0 Å². The number of benzene rings is 1. The van der Waals surface area contributed by atoms with Crippen LogP contribution >= 0.6 is 0 Å². The standard InChI is InChI=1S/C23H34N4O2/c24-19-9-15-26(16-10-19)17-18-7-13-25(14-8-18)11-3-4-12-27-22(28)20-5-1-2-6-21(20)23(27)29/h1-2,5-6,18-19H,3-4,7-17,24H2. The highest BCUT2D eigenvalue weighted by Crippen LogP contribution is 2.23. The fraction of sp³-hybridized carbons (Fsp3) is 0.652. The quantitative estimate of drug-likeness (QED) is 0.563. The Morgan fingerprint density at radius 1 is 0.793 bits per heavy atom. The zero-order chi connectivity index (χ0) is 20.2. The van der Waals surface area contributed by atoms with Gasteiger partial charge in [0, 0.05) is 19.1 Å². The molecule has 2 fully saturated rings. The van der Waals surface area contributed by atoms with Gasteiger partial charge < -0.3 is 15.5 Å². The van der Waals surface area contributed by atoms with Gasteiger partial charge in [0.05, 0.1) is 11.1 Å². The summed E-state index contributed by atoms with van der Waals surface area (Å²) >= 11 is 0. The van der Waals surface area contributed by atoms with Gasteiger partial charge in [-0.3, -0.25) is 14.5 Å². The largest absolute Gasteiger partial charge is 0.328 e. The van der Waals surface area contributed by atoms with E-state index >= 15 is 0 Å². The van der Waals surface area contributed by atoms with Gasteiger partial charge in [0.15, 0.2) is 0 Å². The van der Waals surface area contributed by atoms with E-state index in [2.05, 4.69) is 9.80 Å². The Balaban J connectivity index is 1.12. The van der Waals surface area contributed by atoms with Crippen LogP contribution in [0.1, 0.15) is 59.2 Å². The lowest BCUT2D eigenvalue weighted by Crippen LogP contribution is -2.44. The second-order valence-corrected chi connectivity index (χ2v) is 8.94. The molecule has 1 aromatic carbocycles. The fourth-order valence-corrected chi connectivity index (χ4v) is 4.94.